The molecule has 4 rings (SSSR count). The highest BCUT2D eigenvalue weighted by Gasteiger charge is 2.38. The second kappa shape index (κ2) is 10.2. The van der Waals surface area contributed by atoms with Crippen molar-refractivity contribution in [1.82, 2.24) is 19.6 Å². The molecule has 4 aliphatic rings. The van der Waals surface area contributed by atoms with Gasteiger partial charge >= 0.3 is 0 Å². The molecule has 0 bridgehead atoms. The maximum absolute atomic E-state index is 11.8. The molecular formula is C25H43N4O2. The smallest absolute Gasteiger partial charge is 0.219 e. The molecule has 0 spiro atoms. The monoisotopic (exact) mass is 431 g/mol. The molecule has 1 radical (unpaired) electrons. The standard InChI is InChI=1S/C25H43N4O2/c1-19(30)26(3)25-10-11-29(18-25)24-9-5-7-22(17-24)21-6-4-8-23(16-21)28-14-12-27(13-15-28)20(2)31/h21,23-25H,4-18H2,1-3H3. The Kier molecular flexibility index (Phi) is 7.58. The van der Waals surface area contributed by atoms with Crippen molar-refractivity contribution in [2.75, 3.05) is 46.3 Å². The largest absolute Gasteiger partial charge is 0.342 e. The third-order valence-electron chi connectivity index (χ3n) is 8.79. The topological polar surface area (TPSA) is 47.1 Å². The van der Waals surface area contributed by atoms with Crippen LogP contribution in [-0.2, 0) is 9.59 Å². The second-order valence-corrected chi connectivity index (χ2v) is 10.5. The zero-order valence-corrected chi connectivity index (χ0v) is 20.0. The minimum absolute atomic E-state index is 0.195. The molecule has 2 aliphatic carbocycles. The predicted octanol–water partition coefficient (Wildman–Crippen LogP) is 2.78. The van der Waals surface area contributed by atoms with Gasteiger partial charge in [0.2, 0.25) is 11.8 Å². The maximum atomic E-state index is 11.8. The van der Waals surface area contributed by atoms with Gasteiger partial charge in [0.25, 0.3) is 0 Å². The summed E-state index contributed by atoms with van der Waals surface area (Å²) in [5, 5.41) is 0. The summed E-state index contributed by atoms with van der Waals surface area (Å²) in [4.78, 5) is 32.7. The maximum Gasteiger partial charge on any atom is 0.219 e. The van der Waals surface area contributed by atoms with Gasteiger partial charge in [0.05, 0.1) is 0 Å². The Morgan fingerprint density at radius 1 is 0.871 bits per heavy atom. The first-order chi connectivity index (χ1) is 14.9. The number of nitrogens with zero attached hydrogens (tertiary/aromatic N) is 4. The Balaban J connectivity index is 1.28. The van der Waals surface area contributed by atoms with Crippen molar-refractivity contribution in [2.45, 2.75) is 89.8 Å². The summed E-state index contributed by atoms with van der Waals surface area (Å²) in [6, 6.07) is 1.80. The van der Waals surface area contributed by atoms with Crippen LogP contribution in [0, 0.1) is 11.8 Å². The first-order valence-corrected chi connectivity index (χ1v) is 12.7. The van der Waals surface area contributed by atoms with Crippen LogP contribution in [0.15, 0.2) is 0 Å². The van der Waals surface area contributed by atoms with E-state index in [0.29, 0.717) is 18.1 Å². The quantitative estimate of drug-likeness (QED) is 0.687. The summed E-state index contributed by atoms with van der Waals surface area (Å²) in [7, 11) is 1.97. The Labute approximate surface area is 189 Å². The first kappa shape index (κ1) is 23.0. The van der Waals surface area contributed by atoms with E-state index in [0.717, 1.165) is 51.6 Å². The van der Waals surface area contributed by atoms with Crippen molar-refractivity contribution in [3.63, 3.8) is 0 Å². The molecule has 4 unspecified atom stereocenters. The number of amides is 2. The average Bonchev–Trinajstić information content (AvgIpc) is 3.29. The molecule has 31 heavy (non-hydrogen) atoms. The van der Waals surface area contributed by atoms with Gasteiger partial charge < -0.3 is 9.80 Å². The SMILES string of the molecule is CC(=O)N1CCN(C2CCCC([C]3CCCC(N4CCC(N(C)C(C)=O)C4)C3)C2)CC1. The lowest BCUT2D eigenvalue weighted by Crippen LogP contribution is -2.52. The van der Waals surface area contributed by atoms with Gasteiger partial charge in [-0.3, -0.25) is 19.4 Å². The fourth-order valence-electron chi connectivity index (χ4n) is 6.70. The van der Waals surface area contributed by atoms with Crippen LogP contribution in [0.3, 0.4) is 0 Å². The molecule has 2 saturated carbocycles. The van der Waals surface area contributed by atoms with Gasteiger partial charge in [0, 0.05) is 78.3 Å². The molecule has 2 heterocycles. The molecule has 4 atom stereocenters. The van der Waals surface area contributed by atoms with Crippen LogP contribution in [0.2, 0.25) is 0 Å². The van der Waals surface area contributed by atoms with Gasteiger partial charge in [0.1, 0.15) is 0 Å². The molecule has 6 heteroatoms. The van der Waals surface area contributed by atoms with Crippen LogP contribution in [0.4, 0.5) is 0 Å². The lowest BCUT2D eigenvalue weighted by molar-refractivity contribution is -0.131. The summed E-state index contributed by atoms with van der Waals surface area (Å²) in [6.45, 7) is 9.49. The molecular weight excluding hydrogens is 388 g/mol. The number of likely N-dealkylation sites (N-methyl/N-ethyl adjacent to an activating group) is 1. The summed E-state index contributed by atoms with van der Waals surface area (Å²) in [5.74, 6) is 3.06. The lowest BCUT2D eigenvalue weighted by atomic mass is 9.70. The van der Waals surface area contributed by atoms with E-state index in [1.807, 2.05) is 22.8 Å². The van der Waals surface area contributed by atoms with E-state index in [1.54, 1.807) is 13.8 Å². The number of carbonyl (C=O) groups is 2. The van der Waals surface area contributed by atoms with E-state index in [4.69, 9.17) is 0 Å². The van der Waals surface area contributed by atoms with E-state index >= 15 is 0 Å². The van der Waals surface area contributed by atoms with Gasteiger partial charge in [-0.1, -0.05) is 12.8 Å². The summed E-state index contributed by atoms with van der Waals surface area (Å²) in [6.07, 6.45) is 11.8. The number of likely N-dealkylation sites (tertiary alicyclic amines) is 1. The average molecular weight is 432 g/mol. The van der Waals surface area contributed by atoms with Crippen LogP contribution in [-0.4, -0.2) is 95.9 Å². The first-order valence-electron chi connectivity index (χ1n) is 12.7. The highest BCUT2D eigenvalue weighted by Crippen LogP contribution is 2.42. The van der Waals surface area contributed by atoms with Crippen LogP contribution in [0.25, 0.3) is 0 Å². The van der Waals surface area contributed by atoms with Gasteiger partial charge in [-0.05, 0) is 56.8 Å². The minimum atomic E-state index is 0.195. The molecule has 0 aromatic heterocycles. The Morgan fingerprint density at radius 2 is 1.61 bits per heavy atom. The lowest BCUT2D eigenvalue weighted by Gasteiger charge is -2.45. The Hall–Kier alpha value is -1.14. The molecule has 2 aliphatic heterocycles. The van der Waals surface area contributed by atoms with Crippen molar-refractivity contribution in [3.05, 3.63) is 5.92 Å². The fourth-order valence-corrected chi connectivity index (χ4v) is 6.70. The highest BCUT2D eigenvalue weighted by molar-refractivity contribution is 5.73. The number of hydrogen-bond donors (Lipinski definition) is 0. The second-order valence-electron chi connectivity index (χ2n) is 10.5. The van der Waals surface area contributed by atoms with Crippen molar-refractivity contribution in [2.24, 2.45) is 5.92 Å². The van der Waals surface area contributed by atoms with E-state index in [2.05, 4.69) is 9.80 Å². The molecule has 175 valence electrons. The van der Waals surface area contributed by atoms with Crippen LogP contribution >= 0.6 is 0 Å². The molecule has 0 aromatic carbocycles. The summed E-state index contributed by atoms with van der Waals surface area (Å²) >= 11 is 0. The molecule has 2 amide bonds. The minimum Gasteiger partial charge on any atom is -0.342 e. The fraction of sp³-hybridized carbons (Fsp3) is 0.880. The molecule has 6 nitrogen and oxygen atoms in total. The summed E-state index contributed by atoms with van der Waals surface area (Å²) in [5.41, 5.74) is 0. The number of hydrogen-bond acceptors (Lipinski definition) is 4. The Morgan fingerprint density at radius 3 is 2.32 bits per heavy atom. The van der Waals surface area contributed by atoms with Crippen molar-refractivity contribution in [1.29, 1.82) is 0 Å². The van der Waals surface area contributed by atoms with Crippen molar-refractivity contribution in [3.8, 4) is 0 Å². The number of piperazine rings is 1. The summed E-state index contributed by atoms with van der Waals surface area (Å²) < 4.78 is 0. The number of rotatable bonds is 4. The zero-order chi connectivity index (χ0) is 22.0. The normalized spacial score (nSPS) is 34.1. The molecule has 0 N–H and O–H groups in total. The third-order valence-corrected chi connectivity index (χ3v) is 8.79. The van der Waals surface area contributed by atoms with Crippen LogP contribution < -0.4 is 0 Å². The van der Waals surface area contributed by atoms with Gasteiger partial charge in [0.15, 0.2) is 0 Å². The zero-order valence-electron chi connectivity index (χ0n) is 20.0. The van der Waals surface area contributed by atoms with Gasteiger partial charge in [-0.15, -0.1) is 0 Å². The van der Waals surface area contributed by atoms with E-state index < -0.39 is 0 Å². The molecule has 2 saturated heterocycles. The van der Waals surface area contributed by atoms with Gasteiger partial charge in [-0.2, -0.15) is 0 Å². The van der Waals surface area contributed by atoms with Crippen LogP contribution in [0.5, 0.6) is 0 Å². The highest BCUT2D eigenvalue weighted by atomic mass is 16.2. The number of carbonyl (C=O) groups excluding carboxylic acids is 2. The van der Waals surface area contributed by atoms with E-state index in [-0.39, 0.29) is 11.8 Å². The van der Waals surface area contributed by atoms with Crippen molar-refractivity contribution < 1.29 is 9.59 Å². The van der Waals surface area contributed by atoms with Gasteiger partial charge in [-0.25, -0.2) is 0 Å². The Bertz CT molecular complexity index is 633. The van der Waals surface area contributed by atoms with E-state index in [9.17, 15) is 9.59 Å². The van der Waals surface area contributed by atoms with E-state index in [1.165, 1.54) is 51.4 Å². The molecule has 4 fully saturated rings. The molecule has 0 aromatic rings. The van der Waals surface area contributed by atoms with Crippen molar-refractivity contribution >= 4 is 11.8 Å². The van der Waals surface area contributed by atoms with Crippen LogP contribution in [0.1, 0.15) is 71.6 Å². The third kappa shape index (κ3) is 5.44. The predicted molar refractivity (Wildman–Crippen MR) is 123 cm³/mol.